The largest absolute Gasteiger partial charge is 0.361 e. The quantitative estimate of drug-likeness (QED) is 0.776. The second kappa shape index (κ2) is 5.80. The first kappa shape index (κ1) is 12.1. The Morgan fingerprint density at radius 1 is 1.38 bits per heavy atom. The molecule has 2 aromatic rings. The van der Waals surface area contributed by atoms with Crippen LogP contribution in [0.3, 0.4) is 0 Å². The number of carbonyl (C=O) groups is 1. The maximum atomic E-state index is 8.00. The summed E-state index contributed by atoms with van der Waals surface area (Å²) in [5.41, 5.74) is 2.86. The summed E-state index contributed by atoms with van der Waals surface area (Å²) in [7, 11) is 0. The fourth-order valence-electron chi connectivity index (χ4n) is 1.23. The van der Waals surface area contributed by atoms with E-state index < -0.39 is 0 Å². The lowest BCUT2D eigenvalue weighted by Gasteiger charge is -1.94. The SMILES string of the molecule is C=O.CCc1cc(-c2ccc(C)nc2)no1. The van der Waals surface area contributed by atoms with E-state index in [1.807, 2.05) is 45.0 Å². The summed E-state index contributed by atoms with van der Waals surface area (Å²) in [5.74, 6) is 0.903. The molecule has 4 nitrogen and oxygen atoms in total. The first-order valence-corrected chi connectivity index (χ1v) is 4.97. The summed E-state index contributed by atoms with van der Waals surface area (Å²) < 4.78 is 5.12. The van der Waals surface area contributed by atoms with Crippen LogP contribution in [0, 0.1) is 6.92 Å². The topological polar surface area (TPSA) is 56.0 Å². The molecular weight excluding hydrogens is 204 g/mol. The lowest BCUT2D eigenvalue weighted by atomic mass is 10.2. The zero-order valence-electron chi connectivity index (χ0n) is 9.43. The van der Waals surface area contributed by atoms with Gasteiger partial charge in [0.2, 0.25) is 0 Å². The summed E-state index contributed by atoms with van der Waals surface area (Å²) in [4.78, 5) is 12.2. The van der Waals surface area contributed by atoms with Gasteiger partial charge < -0.3 is 9.32 Å². The molecule has 16 heavy (non-hydrogen) atoms. The molecule has 0 aliphatic heterocycles. The Kier molecular flexibility index (Phi) is 4.39. The molecular formula is C12H14N2O2. The van der Waals surface area contributed by atoms with Gasteiger partial charge in [-0.15, -0.1) is 0 Å². The molecule has 0 amide bonds. The van der Waals surface area contributed by atoms with Crippen LogP contribution in [0.25, 0.3) is 11.3 Å². The summed E-state index contributed by atoms with van der Waals surface area (Å²) >= 11 is 0. The van der Waals surface area contributed by atoms with Crippen LogP contribution < -0.4 is 0 Å². The van der Waals surface area contributed by atoms with Gasteiger partial charge in [-0.05, 0) is 19.1 Å². The van der Waals surface area contributed by atoms with Gasteiger partial charge in [-0.2, -0.15) is 0 Å². The molecule has 0 spiro atoms. The summed E-state index contributed by atoms with van der Waals surface area (Å²) in [5, 5.41) is 3.97. The third-order valence-electron chi connectivity index (χ3n) is 2.11. The van der Waals surface area contributed by atoms with Crippen LogP contribution in [0.1, 0.15) is 18.4 Å². The molecule has 0 saturated heterocycles. The molecule has 0 radical (unpaired) electrons. The fraction of sp³-hybridized carbons (Fsp3) is 0.250. The minimum absolute atomic E-state index is 0.856. The number of aryl methyl sites for hydroxylation is 2. The van der Waals surface area contributed by atoms with Crippen molar-refractivity contribution in [2.75, 3.05) is 0 Å². The van der Waals surface area contributed by atoms with Crippen molar-refractivity contribution in [1.29, 1.82) is 0 Å². The Labute approximate surface area is 94.3 Å². The molecule has 2 aromatic heterocycles. The standard InChI is InChI=1S/C11H12N2O.CH2O/c1-3-10-6-11(13-14-10)9-5-4-8(2)12-7-9;1-2/h4-7H,3H2,1-2H3;1H2. The van der Waals surface area contributed by atoms with Crippen molar-refractivity contribution in [3.8, 4) is 11.3 Å². The van der Waals surface area contributed by atoms with E-state index in [0.29, 0.717) is 0 Å². The Morgan fingerprint density at radius 2 is 2.12 bits per heavy atom. The third-order valence-corrected chi connectivity index (χ3v) is 2.11. The highest BCUT2D eigenvalue weighted by molar-refractivity contribution is 5.57. The van der Waals surface area contributed by atoms with Gasteiger partial charge >= 0.3 is 0 Å². The number of pyridine rings is 1. The van der Waals surface area contributed by atoms with E-state index in [9.17, 15) is 0 Å². The number of hydrogen-bond acceptors (Lipinski definition) is 4. The highest BCUT2D eigenvalue weighted by atomic mass is 16.5. The van der Waals surface area contributed by atoms with Crippen LogP contribution in [0.4, 0.5) is 0 Å². The highest BCUT2D eigenvalue weighted by Gasteiger charge is 2.04. The number of nitrogens with zero attached hydrogens (tertiary/aromatic N) is 2. The predicted molar refractivity (Wildman–Crippen MR) is 61.0 cm³/mol. The van der Waals surface area contributed by atoms with Gasteiger partial charge in [-0.1, -0.05) is 12.1 Å². The van der Waals surface area contributed by atoms with Crippen molar-refractivity contribution in [3.05, 3.63) is 35.9 Å². The van der Waals surface area contributed by atoms with Crippen LogP contribution in [0.15, 0.2) is 28.9 Å². The average Bonchev–Trinajstić information content (AvgIpc) is 2.81. The van der Waals surface area contributed by atoms with Gasteiger partial charge in [0.05, 0.1) is 0 Å². The summed E-state index contributed by atoms with van der Waals surface area (Å²) in [6.45, 7) is 6.00. The van der Waals surface area contributed by atoms with Crippen molar-refractivity contribution in [2.24, 2.45) is 0 Å². The number of carbonyl (C=O) groups excluding carboxylic acids is 1. The average molecular weight is 218 g/mol. The first-order chi connectivity index (χ1) is 7.79. The Hall–Kier alpha value is -1.97. The van der Waals surface area contributed by atoms with Crippen LogP contribution >= 0.6 is 0 Å². The van der Waals surface area contributed by atoms with Gasteiger partial charge in [0.25, 0.3) is 0 Å². The van der Waals surface area contributed by atoms with Gasteiger partial charge in [0.1, 0.15) is 18.2 Å². The lowest BCUT2D eigenvalue weighted by Crippen LogP contribution is -1.82. The molecule has 4 heteroatoms. The summed E-state index contributed by atoms with van der Waals surface area (Å²) in [6.07, 6.45) is 2.68. The molecule has 0 unspecified atom stereocenters. The van der Waals surface area contributed by atoms with Gasteiger partial charge in [0.15, 0.2) is 0 Å². The number of rotatable bonds is 2. The monoisotopic (exact) mass is 218 g/mol. The molecule has 0 saturated carbocycles. The zero-order chi connectivity index (χ0) is 12.0. The number of hydrogen-bond donors (Lipinski definition) is 0. The van der Waals surface area contributed by atoms with Gasteiger partial charge in [0, 0.05) is 29.9 Å². The van der Waals surface area contributed by atoms with Gasteiger partial charge in [-0.25, -0.2) is 0 Å². The van der Waals surface area contributed by atoms with Crippen LogP contribution in [-0.4, -0.2) is 16.9 Å². The van der Waals surface area contributed by atoms with Crippen molar-refractivity contribution in [1.82, 2.24) is 10.1 Å². The van der Waals surface area contributed by atoms with E-state index in [4.69, 9.17) is 9.32 Å². The second-order valence-corrected chi connectivity index (χ2v) is 3.22. The van der Waals surface area contributed by atoms with Gasteiger partial charge in [-0.3, -0.25) is 4.98 Å². The van der Waals surface area contributed by atoms with Crippen molar-refractivity contribution in [2.45, 2.75) is 20.3 Å². The molecule has 84 valence electrons. The molecule has 0 N–H and O–H groups in total. The number of aromatic nitrogens is 2. The van der Waals surface area contributed by atoms with E-state index in [1.165, 1.54) is 0 Å². The molecule has 0 aliphatic carbocycles. The van der Waals surface area contributed by atoms with Crippen molar-refractivity contribution in [3.63, 3.8) is 0 Å². The molecule has 0 aromatic carbocycles. The van der Waals surface area contributed by atoms with E-state index in [-0.39, 0.29) is 0 Å². The van der Waals surface area contributed by atoms with E-state index in [0.717, 1.165) is 29.1 Å². The van der Waals surface area contributed by atoms with Crippen molar-refractivity contribution < 1.29 is 9.32 Å². The highest BCUT2D eigenvalue weighted by Crippen LogP contribution is 2.18. The Bertz CT molecular complexity index is 435. The molecule has 0 fully saturated rings. The van der Waals surface area contributed by atoms with E-state index in [1.54, 1.807) is 0 Å². The summed E-state index contributed by atoms with van der Waals surface area (Å²) in [6, 6.07) is 5.92. The minimum Gasteiger partial charge on any atom is -0.361 e. The van der Waals surface area contributed by atoms with E-state index in [2.05, 4.69) is 10.1 Å². The van der Waals surface area contributed by atoms with E-state index >= 15 is 0 Å². The predicted octanol–water partition coefficient (Wildman–Crippen LogP) is 2.42. The molecule has 0 aliphatic rings. The zero-order valence-corrected chi connectivity index (χ0v) is 9.43. The normalized spacial score (nSPS) is 9.38. The second-order valence-electron chi connectivity index (χ2n) is 3.22. The molecule has 2 rings (SSSR count). The van der Waals surface area contributed by atoms with Crippen LogP contribution in [0.5, 0.6) is 0 Å². The lowest BCUT2D eigenvalue weighted by molar-refractivity contribution is -0.0979. The third kappa shape index (κ3) is 2.76. The maximum absolute atomic E-state index is 8.00. The molecule has 0 atom stereocenters. The van der Waals surface area contributed by atoms with Crippen LogP contribution in [0.2, 0.25) is 0 Å². The van der Waals surface area contributed by atoms with Crippen LogP contribution in [-0.2, 0) is 11.2 Å². The Morgan fingerprint density at radius 3 is 2.62 bits per heavy atom. The van der Waals surface area contributed by atoms with Crippen molar-refractivity contribution >= 4 is 6.79 Å². The maximum Gasteiger partial charge on any atom is 0.137 e. The fourth-order valence-corrected chi connectivity index (χ4v) is 1.23. The minimum atomic E-state index is 0.856. The molecule has 2 heterocycles. The molecule has 0 bridgehead atoms. The Balaban J connectivity index is 0.000000606. The first-order valence-electron chi connectivity index (χ1n) is 4.97. The smallest absolute Gasteiger partial charge is 0.137 e.